The van der Waals surface area contributed by atoms with Crippen molar-refractivity contribution in [3.63, 3.8) is 0 Å². The zero-order chi connectivity index (χ0) is 19.3. The second kappa shape index (κ2) is 6.87. The van der Waals surface area contributed by atoms with Crippen LogP contribution in [-0.2, 0) is 13.0 Å². The normalized spacial score (nSPS) is 18.5. The quantitative estimate of drug-likeness (QED) is 0.864. The van der Waals surface area contributed by atoms with Gasteiger partial charge in [-0.15, -0.1) is 0 Å². The number of rotatable bonds is 4. The Kier molecular flexibility index (Phi) is 4.33. The Balaban J connectivity index is 1.38. The molecule has 0 atom stereocenters. The minimum atomic E-state index is -0.240. The van der Waals surface area contributed by atoms with Gasteiger partial charge in [0.25, 0.3) is 11.5 Å². The van der Waals surface area contributed by atoms with Crippen molar-refractivity contribution in [2.24, 2.45) is 4.99 Å². The number of hydrogen-bond acceptors (Lipinski definition) is 4. The molecule has 6 nitrogen and oxygen atoms in total. The van der Waals surface area contributed by atoms with Crippen LogP contribution in [0, 0.1) is 0 Å². The van der Waals surface area contributed by atoms with Gasteiger partial charge in [-0.2, -0.15) is 0 Å². The Morgan fingerprint density at radius 3 is 2.71 bits per heavy atom. The van der Waals surface area contributed by atoms with E-state index >= 15 is 0 Å². The van der Waals surface area contributed by atoms with Crippen LogP contribution in [0.2, 0.25) is 5.02 Å². The highest BCUT2D eigenvalue weighted by molar-refractivity contribution is 6.34. The number of benzene rings is 1. The van der Waals surface area contributed by atoms with Crippen molar-refractivity contribution in [3.8, 4) is 0 Å². The number of aromatic amines is 1. The number of hydrogen-bond donors (Lipinski definition) is 1. The van der Waals surface area contributed by atoms with Crippen LogP contribution in [0.4, 0.5) is 5.69 Å². The van der Waals surface area contributed by atoms with Crippen LogP contribution in [0.5, 0.6) is 0 Å². The molecule has 1 saturated heterocycles. The lowest BCUT2D eigenvalue weighted by molar-refractivity contribution is 0.0763. The number of aromatic nitrogens is 1. The number of fused-ring (bicyclic) bond motifs is 2. The van der Waals surface area contributed by atoms with E-state index in [0.29, 0.717) is 29.3 Å². The molecule has 0 saturated carbocycles. The van der Waals surface area contributed by atoms with Crippen LogP contribution < -0.4 is 5.56 Å². The summed E-state index contributed by atoms with van der Waals surface area (Å²) < 4.78 is 0. The molecule has 0 spiro atoms. The Hall–Kier alpha value is -2.44. The van der Waals surface area contributed by atoms with E-state index in [1.807, 2.05) is 17.0 Å². The Bertz CT molecular complexity index is 1050. The molecule has 0 bridgehead atoms. The molecule has 1 amide bonds. The summed E-state index contributed by atoms with van der Waals surface area (Å²) in [5.41, 5.74) is 4.43. The molecule has 1 aromatic carbocycles. The molecule has 1 aromatic heterocycles. The number of H-pyrrole nitrogens is 1. The lowest BCUT2D eigenvalue weighted by atomic mass is 10.0. The van der Waals surface area contributed by atoms with Crippen molar-refractivity contribution in [2.75, 3.05) is 26.2 Å². The molecule has 3 aliphatic rings. The van der Waals surface area contributed by atoms with Crippen LogP contribution in [0.25, 0.3) is 0 Å². The molecule has 1 N–H and O–H groups in total. The van der Waals surface area contributed by atoms with Crippen LogP contribution in [0.1, 0.15) is 39.9 Å². The van der Waals surface area contributed by atoms with Gasteiger partial charge < -0.3 is 14.8 Å². The number of pyridine rings is 1. The summed E-state index contributed by atoms with van der Waals surface area (Å²) >= 11 is 6.22. The number of amides is 1. The topological polar surface area (TPSA) is 68.8 Å². The van der Waals surface area contributed by atoms with E-state index in [-0.39, 0.29) is 11.5 Å². The maximum Gasteiger partial charge on any atom is 0.258 e. The van der Waals surface area contributed by atoms with Gasteiger partial charge in [-0.1, -0.05) is 11.6 Å². The lowest BCUT2D eigenvalue weighted by Gasteiger charge is -2.20. The first kappa shape index (κ1) is 17.6. The molecule has 0 unspecified atom stereocenters. The number of carbonyl (C=O) groups is 1. The smallest absolute Gasteiger partial charge is 0.258 e. The fourth-order valence-electron chi connectivity index (χ4n) is 4.38. The molecule has 4 heterocycles. The van der Waals surface area contributed by atoms with Gasteiger partial charge in [-0.05, 0) is 55.3 Å². The summed E-state index contributed by atoms with van der Waals surface area (Å²) in [7, 11) is 0. The highest BCUT2D eigenvalue weighted by atomic mass is 35.5. The first-order chi connectivity index (χ1) is 13.6. The molecule has 28 heavy (non-hydrogen) atoms. The van der Waals surface area contributed by atoms with Crippen molar-refractivity contribution in [1.29, 1.82) is 0 Å². The van der Waals surface area contributed by atoms with Crippen LogP contribution >= 0.6 is 11.6 Å². The highest BCUT2D eigenvalue weighted by Gasteiger charge is 2.31. The van der Waals surface area contributed by atoms with Crippen molar-refractivity contribution in [2.45, 2.75) is 25.8 Å². The summed E-state index contributed by atoms with van der Waals surface area (Å²) in [4.78, 5) is 36.7. The fraction of sp³-hybridized carbons (Fsp3) is 0.381. The first-order valence-electron chi connectivity index (χ1n) is 9.73. The van der Waals surface area contributed by atoms with E-state index in [2.05, 4.69) is 14.9 Å². The lowest BCUT2D eigenvalue weighted by Crippen LogP contribution is -2.33. The van der Waals surface area contributed by atoms with Gasteiger partial charge in [-0.3, -0.25) is 14.6 Å². The van der Waals surface area contributed by atoms with Crippen molar-refractivity contribution in [1.82, 2.24) is 14.8 Å². The second-order valence-corrected chi connectivity index (χ2v) is 8.09. The number of likely N-dealkylation sites (tertiary alicyclic amines) is 1. The predicted octanol–water partition coefficient (Wildman–Crippen LogP) is 2.76. The van der Waals surface area contributed by atoms with E-state index in [9.17, 15) is 9.59 Å². The summed E-state index contributed by atoms with van der Waals surface area (Å²) in [5.74, 6) is 0.0982. The summed E-state index contributed by atoms with van der Waals surface area (Å²) in [6.07, 6.45) is 4.56. The fourth-order valence-corrected chi connectivity index (χ4v) is 4.64. The number of nitrogens with zero attached hydrogens (tertiary/aromatic N) is 3. The average molecular weight is 397 g/mol. The average Bonchev–Trinajstić information content (AvgIpc) is 3.38. The number of halogens is 1. The molecule has 144 valence electrons. The first-order valence-corrected chi connectivity index (χ1v) is 10.1. The van der Waals surface area contributed by atoms with E-state index < -0.39 is 0 Å². The summed E-state index contributed by atoms with van der Waals surface area (Å²) in [5, 5.41) is 0.395. The van der Waals surface area contributed by atoms with Crippen LogP contribution in [0.15, 0.2) is 34.2 Å². The summed E-state index contributed by atoms with van der Waals surface area (Å²) in [6, 6.07) is 5.60. The third-order valence-corrected chi connectivity index (χ3v) is 6.19. The minimum absolute atomic E-state index is 0.0982. The molecule has 1 fully saturated rings. The molecule has 5 rings (SSSR count). The van der Waals surface area contributed by atoms with Gasteiger partial charge in [0.05, 0.1) is 22.0 Å². The number of aliphatic imine (C=N–C) groups is 1. The Morgan fingerprint density at radius 1 is 1.11 bits per heavy atom. The number of nitrogens with one attached hydrogen (secondary N) is 1. The van der Waals surface area contributed by atoms with Gasteiger partial charge in [0.15, 0.2) is 0 Å². The number of carbonyl (C=O) groups excluding carboxylic acids is 1. The molecule has 0 aliphatic carbocycles. The monoisotopic (exact) mass is 396 g/mol. The standard InChI is InChI=1S/C21H21ClN4O2/c22-16-3-4-23-20(27)19(16)18-10-13-9-15-14(11-17(13)24-18)12-26(21(15)28)8-7-25-5-1-2-6-25/h3-4,9,11H,1-2,5-8,10,12H2,(H,23,27). The third-order valence-electron chi connectivity index (χ3n) is 5.88. The Labute approximate surface area is 167 Å². The van der Waals surface area contributed by atoms with Crippen LogP contribution in [0.3, 0.4) is 0 Å². The zero-order valence-electron chi connectivity index (χ0n) is 15.5. The van der Waals surface area contributed by atoms with Gasteiger partial charge in [0.2, 0.25) is 0 Å². The SMILES string of the molecule is O=C1c2cc3c(cc2CN1CCN1CCCC1)N=C(c1c(Cl)cc[nH]c1=O)C3. The van der Waals surface area contributed by atoms with E-state index in [1.54, 1.807) is 6.07 Å². The molecule has 2 aromatic rings. The van der Waals surface area contributed by atoms with Gasteiger partial charge in [0, 0.05) is 37.8 Å². The molecular formula is C21H21ClN4O2. The van der Waals surface area contributed by atoms with Crippen molar-refractivity contribution < 1.29 is 4.79 Å². The largest absolute Gasteiger partial charge is 0.333 e. The minimum Gasteiger partial charge on any atom is -0.333 e. The predicted molar refractivity (Wildman–Crippen MR) is 109 cm³/mol. The van der Waals surface area contributed by atoms with Gasteiger partial charge in [-0.25, -0.2) is 0 Å². The van der Waals surface area contributed by atoms with E-state index in [1.165, 1.54) is 19.0 Å². The highest BCUT2D eigenvalue weighted by Crippen LogP contribution is 2.35. The van der Waals surface area contributed by atoms with E-state index in [0.717, 1.165) is 48.6 Å². The molecular weight excluding hydrogens is 376 g/mol. The second-order valence-electron chi connectivity index (χ2n) is 7.68. The van der Waals surface area contributed by atoms with Crippen molar-refractivity contribution >= 4 is 28.9 Å². The Morgan fingerprint density at radius 2 is 1.93 bits per heavy atom. The van der Waals surface area contributed by atoms with Crippen molar-refractivity contribution in [3.05, 3.63) is 62.0 Å². The molecule has 3 aliphatic heterocycles. The van der Waals surface area contributed by atoms with E-state index in [4.69, 9.17) is 11.6 Å². The third kappa shape index (κ3) is 2.97. The zero-order valence-corrected chi connectivity index (χ0v) is 16.3. The maximum absolute atomic E-state index is 12.9. The van der Waals surface area contributed by atoms with Gasteiger partial charge >= 0.3 is 0 Å². The van der Waals surface area contributed by atoms with Gasteiger partial charge in [0.1, 0.15) is 0 Å². The molecule has 0 radical (unpaired) electrons. The molecule has 7 heteroatoms. The maximum atomic E-state index is 12.9. The van der Waals surface area contributed by atoms with Crippen LogP contribution in [-0.4, -0.2) is 52.6 Å². The summed E-state index contributed by atoms with van der Waals surface area (Å²) in [6.45, 7) is 4.62.